The van der Waals surface area contributed by atoms with E-state index in [1.807, 2.05) is 18.2 Å². The van der Waals surface area contributed by atoms with Crippen LogP contribution < -0.4 is 14.8 Å². The summed E-state index contributed by atoms with van der Waals surface area (Å²) in [6.45, 7) is 2.48. The Hall–Kier alpha value is -3.07. The van der Waals surface area contributed by atoms with Crippen LogP contribution in [0, 0.1) is 5.92 Å². The molecule has 1 aliphatic heterocycles. The minimum atomic E-state index is -3.75. The minimum Gasteiger partial charge on any atom is -0.497 e. The molecule has 1 aliphatic rings. The van der Waals surface area contributed by atoms with Crippen LogP contribution in [0.1, 0.15) is 18.4 Å². The Labute approximate surface area is 211 Å². The molecule has 3 aromatic carbocycles. The summed E-state index contributed by atoms with van der Waals surface area (Å²) in [5.74, 6) is 0.518. The first kappa shape index (κ1) is 25.0. The van der Waals surface area contributed by atoms with Crippen molar-refractivity contribution >= 4 is 38.9 Å². The molecule has 35 heavy (non-hydrogen) atoms. The third-order valence-corrected chi connectivity index (χ3v) is 7.66. The molecule has 0 unspecified atom stereocenters. The summed E-state index contributed by atoms with van der Waals surface area (Å²) in [6.07, 6.45) is 1.54. The van der Waals surface area contributed by atoms with Crippen LogP contribution >= 0.6 is 11.6 Å². The third-order valence-electron chi connectivity index (χ3n) is 6.03. The van der Waals surface area contributed by atoms with Gasteiger partial charge in [-0.05, 0) is 92.2 Å². The van der Waals surface area contributed by atoms with Gasteiger partial charge in [-0.3, -0.25) is 14.4 Å². The van der Waals surface area contributed by atoms with Crippen molar-refractivity contribution in [3.05, 3.63) is 83.4 Å². The molecule has 7 nitrogen and oxygen atoms in total. The van der Waals surface area contributed by atoms with E-state index < -0.39 is 10.0 Å². The molecule has 0 aromatic heterocycles. The van der Waals surface area contributed by atoms with E-state index in [1.165, 1.54) is 12.1 Å². The SMILES string of the molecule is COc1ccc(NS(=O)(=O)c2ccc(NC(=O)C3CCN(Cc4cccc(Cl)c4)CC3)cc2)cc1. The third kappa shape index (κ3) is 6.75. The van der Waals surface area contributed by atoms with Gasteiger partial charge in [0.2, 0.25) is 5.91 Å². The number of likely N-dealkylation sites (tertiary alicyclic amines) is 1. The van der Waals surface area contributed by atoms with Gasteiger partial charge < -0.3 is 10.1 Å². The molecular weight excluding hydrogens is 486 g/mol. The molecule has 0 spiro atoms. The van der Waals surface area contributed by atoms with Crippen molar-refractivity contribution in [1.29, 1.82) is 0 Å². The van der Waals surface area contributed by atoms with Gasteiger partial charge in [-0.2, -0.15) is 0 Å². The van der Waals surface area contributed by atoms with E-state index in [-0.39, 0.29) is 16.7 Å². The van der Waals surface area contributed by atoms with Crippen LogP contribution in [-0.4, -0.2) is 39.4 Å². The number of nitrogens with one attached hydrogen (secondary N) is 2. The van der Waals surface area contributed by atoms with Gasteiger partial charge in [0.05, 0.1) is 12.0 Å². The van der Waals surface area contributed by atoms with Gasteiger partial charge in [0.15, 0.2) is 0 Å². The molecule has 1 fully saturated rings. The Bertz CT molecular complexity index is 1260. The average molecular weight is 514 g/mol. The number of anilines is 2. The monoisotopic (exact) mass is 513 g/mol. The maximum absolute atomic E-state index is 12.8. The lowest BCUT2D eigenvalue weighted by Gasteiger charge is -2.31. The molecule has 9 heteroatoms. The summed E-state index contributed by atoms with van der Waals surface area (Å²) in [4.78, 5) is 15.2. The summed E-state index contributed by atoms with van der Waals surface area (Å²) in [7, 11) is -2.20. The molecule has 1 saturated heterocycles. The van der Waals surface area contributed by atoms with Crippen molar-refractivity contribution in [3.8, 4) is 5.75 Å². The summed E-state index contributed by atoms with van der Waals surface area (Å²) >= 11 is 6.07. The molecule has 0 atom stereocenters. The van der Waals surface area contributed by atoms with Crippen LogP contribution in [0.25, 0.3) is 0 Å². The predicted molar refractivity (Wildman–Crippen MR) is 138 cm³/mol. The zero-order chi connectivity index (χ0) is 24.8. The van der Waals surface area contributed by atoms with E-state index in [9.17, 15) is 13.2 Å². The second kappa shape index (κ2) is 11.1. The van der Waals surface area contributed by atoms with Crippen LogP contribution in [0.3, 0.4) is 0 Å². The number of carbonyl (C=O) groups is 1. The summed E-state index contributed by atoms with van der Waals surface area (Å²) in [6, 6.07) is 20.6. The Morgan fingerprint density at radius 2 is 1.66 bits per heavy atom. The zero-order valence-electron chi connectivity index (χ0n) is 19.4. The number of rotatable bonds is 8. The number of hydrogen-bond donors (Lipinski definition) is 2. The first-order valence-corrected chi connectivity index (χ1v) is 13.2. The maximum atomic E-state index is 12.8. The van der Waals surface area contributed by atoms with Crippen molar-refractivity contribution in [3.63, 3.8) is 0 Å². The second-order valence-electron chi connectivity index (χ2n) is 8.53. The fourth-order valence-corrected chi connectivity index (χ4v) is 5.35. The summed E-state index contributed by atoms with van der Waals surface area (Å²) < 4.78 is 33.0. The van der Waals surface area contributed by atoms with E-state index >= 15 is 0 Å². The van der Waals surface area contributed by atoms with Crippen LogP contribution in [-0.2, 0) is 21.4 Å². The zero-order valence-corrected chi connectivity index (χ0v) is 21.0. The van der Waals surface area contributed by atoms with E-state index in [4.69, 9.17) is 16.3 Å². The lowest BCUT2D eigenvalue weighted by Crippen LogP contribution is -2.37. The molecule has 0 radical (unpaired) electrons. The van der Waals surface area contributed by atoms with Gasteiger partial charge in [0.1, 0.15) is 5.75 Å². The molecular formula is C26H28ClN3O4S. The van der Waals surface area contributed by atoms with Crippen molar-refractivity contribution in [2.24, 2.45) is 5.92 Å². The molecule has 0 saturated carbocycles. The molecule has 1 heterocycles. The smallest absolute Gasteiger partial charge is 0.261 e. The standard InChI is InChI=1S/C26H28ClN3O4S/c1-34-24-9-5-23(6-10-24)29-35(32,33)25-11-7-22(8-12-25)28-26(31)20-13-15-30(16-14-20)18-19-3-2-4-21(27)17-19/h2-12,17,20,29H,13-16,18H2,1H3,(H,28,31). The van der Waals surface area contributed by atoms with E-state index in [1.54, 1.807) is 43.5 Å². The van der Waals surface area contributed by atoms with E-state index in [2.05, 4.69) is 21.0 Å². The highest BCUT2D eigenvalue weighted by Gasteiger charge is 2.25. The topological polar surface area (TPSA) is 87.7 Å². The molecule has 3 aromatic rings. The number of sulfonamides is 1. The average Bonchev–Trinajstić information content (AvgIpc) is 2.85. The highest BCUT2D eigenvalue weighted by molar-refractivity contribution is 7.92. The van der Waals surface area contributed by atoms with Crippen molar-refractivity contribution in [1.82, 2.24) is 4.90 Å². The summed E-state index contributed by atoms with van der Waals surface area (Å²) in [5.41, 5.74) is 2.17. The largest absolute Gasteiger partial charge is 0.497 e. The Morgan fingerprint density at radius 1 is 1.00 bits per heavy atom. The number of nitrogens with zero attached hydrogens (tertiary/aromatic N) is 1. The number of benzene rings is 3. The van der Waals surface area contributed by atoms with Crippen LogP contribution in [0.2, 0.25) is 5.02 Å². The fraction of sp³-hybridized carbons (Fsp3) is 0.269. The lowest BCUT2D eigenvalue weighted by atomic mass is 9.95. The molecule has 184 valence electrons. The van der Waals surface area contributed by atoms with E-state index in [0.29, 0.717) is 17.1 Å². The van der Waals surface area contributed by atoms with Gasteiger partial charge in [-0.1, -0.05) is 23.7 Å². The van der Waals surface area contributed by atoms with Crippen LogP contribution in [0.15, 0.2) is 77.7 Å². The number of amides is 1. The molecule has 4 rings (SSSR count). The molecule has 2 N–H and O–H groups in total. The number of carbonyl (C=O) groups excluding carboxylic acids is 1. The number of methoxy groups -OCH3 is 1. The molecule has 0 aliphatic carbocycles. The van der Waals surface area contributed by atoms with Gasteiger partial charge in [0, 0.05) is 28.9 Å². The number of hydrogen-bond acceptors (Lipinski definition) is 5. The second-order valence-corrected chi connectivity index (χ2v) is 10.6. The van der Waals surface area contributed by atoms with Gasteiger partial charge in [0.25, 0.3) is 10.0 Å². The highest BCUT2D eigenvalue weighted by atomic mass is 35.5. The normalized spacial score (nSPS) is 14.9. The Morgan fingerprint density at radius 3 is 2.29 bits per heavy atom. The van der Waals surface area contributed by atoms with Crippen molar-refractivity contribution < 1.29 is 17.9 Å². The highest BCUT2D eigenvalue weighted by Crippen LogP contribution is 2.24. The fourth-order valence-electron chi connectivity index (χ4n) is 4.08. The Balaban J connectivity index is 1.29. The minimum absolute atomic E-state index is 0.0422. The quantitative estimate of drug-likeness (QED) is 0.442. The number of piperidine rings is 1. The first-order valence-electron chi connectivity index (χ1n) is 11.4. The van der Waals surface area contributed by atoms with Crippen LogP contribution in [0.4, 0.5) is 11.4 Å². The van der Waals surface area contributed by atoms with Gasteiger partial charge in [-0.25, -0.2) is 8.42 Å². The number of ether oxygens (including phenoxy) is 1. The predicted octanol–water partition coefficient (Wildman–Crippen LogP) is 5.00. The van der Waals surface area contributed by atoms with Crippen molar-refractivity contribution in [2.45, 2.75) is 24.3 Å². The molecule has 0 bridgehead atoms. The first-order chi connectivity index (χ1) is 16.8. The maximum Gasteiger partial charge on any atom is 0.261 e. The summed E-state index contributed by atoms with van der Waals surface area (Å²) in [5, 5.41) is 3.65. The molecule has 1 amide bonds. The number of halogens is 1. The Kier molecular flexibility index (Phi) is 7.95. The van der Waals surface area contributed by atoms with Crippen LogP contribution in [0.5, 0.6) is 5.75 Å². The lowest BCUT2D eigenvalue weighted by molar-refractivity contribution is -0.121. The van der Waals surface area contributed by atoms with Gasteiger partial charge >= 0.3 is 0 Å². The van der Waals surface area contributed by atoms with E-state index in [0.717, 1.165) is 43.1 Å². The van der Waals surface area contributed by atoms with Crippen molar-refractivity contribution in [2.75, 3.05) is 30.2 Å². The van der Waals surface area contributed by atoms with Gasteiger partial charge in [-0.15, -0.1) is 0 Å².